The van der Waals surface area contributed by atoms with E-state index in [4.69, 9.17) is 22.9 Å². The Morgan fingerprint density at radius 2 is 1.43 bits per heavy atom. The maximum absolute atomic E-state index is 14.1. The number of amides is 6. The van der Waals surface area contributed by atoms with Crippen LogP contribution in [0, 0.1) is 11.8 Å². The third kappa shape index (κ3) is 17.7. The minimum Gasteiger partial charge on any atom is -0.480 e. The van der Waals surface area contributed by atoms with Crippen molar-refractivity contribution >= 4 is 60.0 Å². The van der Waals surface area contributed by atoms with Crippen molar-refractivity contribution in [3.63, 3.8) is 0 Å². The van der Waals surface area contributed by atoms with Crippen molar-refractivity contribution in [2.45, 2.75) is 134 Å². The molecule has 0 spiro atoms. The van der Waals surface area contributed by atoms with Gasteiger partial charge in [0.15, 0.2) is 5.96 Å². The third-order valence-corrected chi connectivity index (χ3v) is 10.2. The van der Waals surface area contributed by atoms with Gasteiger partial charge in [-0.15, -0.1) is 0 Å². The van der Waals surface area contributed by atoms with E-state index in [1.54, 1.807) is 0 Å². The first-order valence-corrected chi connectivity index (χ1v) is 21.2. The van der Waals surface area contributed by atoms with Gasteiger partial charge in [-0.3, -0.25) is 33.8 Å². The van der Waals surface area contributed by atoms with Crippen molar-refractivity contribution in [3.8, 4) is 0 Å². The average molecular weight is 866 g/mol. The maximum atomic E-state index is 14.1. The third-order valence-electron chi connectivity index (χ3n) is 9.79. The molecule has 1 aliphatic heterocycles. The molecule has 1 aliphatic rings. The van der Waals surface area contributed by atoms with Gasteiger partial charge < -0.3 is 64.5 Å². The minimum atomic E-state index is -1.29. The van der Waals surface area contributed by atoms with Crippen molar-refractivity contribution in [1.29, 1.82) is 0 Å². The molecular weight excluding hydrogens is 799 g/mol. The molecule has 0 aliphatic carbocycles. The second-order valence-electron chi connectivity index (χ2n) is 15.9. The summed E-state index contributed by atoms with van der Waals surface area (Å²) in [5, 5.41) is 23.3. The molecule has 1 aromatic heterocycles. The fraction of sp³-hybridized carbons (Fsp3) is 0.711. The molecule has 0 aromatic carbocycles. The molecule has 6 amide bonds. The van der Waals surface area contributed by atoms with Crippen LogP contribution in [0.3, 0.4) is 0 Å². The zero-order valence-corrected chi connectivity index (χ0v) is 36.0. The Hall–Kier alpha value is -4.96. The number of aromatic amines is 1. The van der Waals surface area contributed by atoms with Gasteiger partial charge in [0, 0.05) is 37.2 Å². The molecule has 1 saturated heterocycles. The van der Waals surface area contributed by atoms with Gasteiger partial charge in [0.05, 0.1) is 12.4 Å². The van der Waals surface area contributed by atoms with Crippen LogP contribution in [0.4, 0.5) is 0 Å². The molecule has 15 N–H and O–H groups in total. The molecule has 60 heavy (non-hydrogen) atoms. The number of nitrogens with zero attached hydrogens (tertiary/aromatic N) is 3. The van der Waals surface area contributed by atoms with Gasteiger partial charge in [-0.1, -0.05) is 27.7 Å². The number of rotatable bonds is 27. The van der Waals surface area contributed by atoms with Crippen LogP contribution in [-0.4, -0.2) is 135 Å². The molecular formula is C38H67N13O8S. The second-order valence-corrected chi connectivity index (χ2v) is 16.3. The van der Waals surface area contributed by atoms with Crippen LogP contribution in [0.2, 0.25) is 0 Å². The number of carboxylic acid groups (broad SMARTS) is 1. The number of hydrogen-bond donors (Lipinski definition) is 12. The Morgan fingerprint density at radius 1 is 0.850 bits per heavy atom. The molecule has 338 valence electrons. The Labute approximate surface area is 356 Å². The Morgan fingerprint density at radius 3 is 2.02 bits per heavy atom. The number of nitrogens with two attached hydrogens (primary N) is 4. The molecule has 2 rings (SSSR count). The fourth-order valence-corrected chi connectivity index (χ4v) is 6.86. The first kappa shape index (κ1) is 51.2. The number of aromatic nitrogens is 2. The first-order valence-electron chi connectivity index (χ1n) is 20.5. The number of H-pyrrole nitrogens is 1. The average Bonchev–Trinajstić information content (AvgIpc) is 3.89. The van der Waals surface area contributed by atoms with Crippen LogP contribution in [0.5, 0.6) is 0 Å². The second kappa shape index (κ2) is 26.3. The summed E-state index contributed by atoms with van der Waals surface area (Å²) in [7, 11) is 0. The van der Waals surface area contributed by atoms with E-state index in [1.807, 2.05) is 27.7 Å². The molecule has 21 nitrogen and oxygen atoms in total. The summed E-state index contributed by atoms with van der Waals surface area (Å²) in [6.45, 7) is 8.21. The van der Waals surface area contributed by atoms with E-state index in [0.29, 0.717) is 44.3 Å². The van der Waals surface area contributed by atoms with E-state index in [9.17, 15) is 38.7 Å². The van der Waals surface area contributed by atoms with Crippen LogP contribution >= 0.6 is 12.6 Å². The van der Waals surface area contributed by atoms with Crippen LogP contribution in [-0.2, 0) is 40.0 Å². The Balaban J connectivity index is 2.32. The fourth-order valence-electron chi connectivity index (χ4n) is 6.69. The standard InChI is InChI=1S/C38H67N13O8S/c1-21(2)15-27(33(54)46-25(9-5-6-12-39)32(53)47-26(37(58)59)10-7-13-44-38(41)42)48-34(55)28(17-23-18-43-20-45-23)49-35(56)30-11-8-14-51(30)36(57)29(16-22(3)4)50-31(52)24(40)19-60/h18,20-22,24-30,60H,5-17,19,39-40H2,1-4H3,(H,43,45)(H,46,54)(H,47,53)(H,48,55)(H,49,56)(H,50,52)(H,58,59)(H4,41,42,44)/t24-,25-,26-,27-,28-,29-,30-/m0/s1. The summed E-state index contributed by atoms with van der Waals surface area (Å²) in [6.07, 6.45) is 5.48. The number of hydrogen-bond acceptors (Lipinski definition) is 12. The molecule has 0 unspecified atom stereocenters. The van der Waals surface area contributed by atoms with E-state index >= 15 is 0 Å². The lowest BCUT2D eigenvalue weighted by atomic mass is 10.0. The summed E-state index contributed by atoms with van der Waals surface area (Å²) in [4.78, 5) is 106. The first-order chi connectivity index (χ1) is 28.4. The number of thiol groups is 1. The highest BCUT2D eigenvalue weighted by molar-refractivity contribution is 7.80. The number of guanidine groups is 1. The predicted molar refractivity (Wildman–Crippen MR) is 228 cm³/mol. The number of carboxylic acids is 1. The maximum Gasteiger partial charge on any atom is 0.326 e. The summed E-state index contributed by atoms with van der Waals surface area (Å²) in [6, 6.07) is -7.70. The summed E-state index contributed by atoms with van der Waals surface area (Å²) < 4.78 is 0. The SMILES string of the molecule is CC(C)C[C@H](NC(=O)[C@H](Cc1cnc[nH]1)NC(=O)[C@@H]1CCCN1C(=O)[C@H](CC(C)C)NC(=O)[C@@H](N)CS)C(=O)N[C@@H](CCCCN)C(=O)N[C@@H](CCCN=C(N)N)C(=O)O. The number of nitrogens with one attached hydrogen (secondary N) is 6. The zero-order valence-electron chi connectivity index (χ0n) is 35.2. The molecule has 0 radical (unpaired) electrons. The largest absolute Gasteiger partial charge is 0.480 e. The normalized spacial score (nSPS) is 16.8. The molecule has 1 aromatic rings. The van der Waals surface area contributed by atoms with Crippen molar-refractivity contribution in [1.82, 2.24) is 41.5 Å². The van der Waals surface area contributed by atoms with Crippen LogP contribution in [0.25, 0.3) is 0 Å². The summed E-state index contributed by atoms with van der Waals surface area (Å²) in [5.74, 6) is -5.18. The summed E-state index contributed by atoms with van der Waals surface area (Å²) >= 11 is 4.08. The minimum absolute atomic E-state index is 0.0176. The summed E-state index contributed by atoms with van der Waals surface area (Å²) in [5.41, 5.74) is 22.7. The highest BCUT2D eigenvalue weighted by Crippen LogP contribution is 2.21. The van der Waals surface area contributed by atoms with Crippen LogP contribution in [0.1, 0.15) is 91.2 Å². The molecule has 2 heterocycles. The van der Waals surface area contributed by atoms with Gasteiger partial charge in [0.2, 0.25) is 35.4 Å². The predicted octanol–water partition coefficient (Wildman–Crippen LogP) is -2.02. The molecule has 7 atom stereocenters. The Kier molecular flexibility index (Phi) is 22.4. The number of carbonyl (C=O) groups is 7. The number of likely N-dealkylation sites (tertiary alicyclic amines) is 1. The zero-order chi connectivity index (χ0) is 44.9. The quantitative estimate of drug-likeness (QED) is 0.0197. The van der Waals surface area contributed by atoms with Gasteiger partial charge in [0.25, 0.3) is 0 Å². The monoisotopic (exact) mass is 865 g/mol. The molecule has 22 heteroatoms. The van der Waals surface area contributed by atoms with Crippen molar-refractivity contribution < 1.29 is 38.7 Å². The van der Waals surface area contributed by atoms with Crippen molar-refractivity contribution in [2.75, 3.05) is 25.4 Å². The number of imidazole rings is 1. The molecule has 0 saturated carbocycles. The van der Waals surface area contributed by atoms with E-state index in [1.165, 1.54) is 17.4 Å². The van der Waals surface area contributed by atoms with Gasteiger partial charge >= 0.3 is 5.97 Å². The van der Waals surface area contributed by atoms with Crippen molar-refractivity contribution in [2.24, 2.45) is 39.8 Å². The number of aliphatic carboxylic acids is 1. The number of aliphatic imine (C=N–C) groups is 1. The van der Waals surface area contributed by atoms with Crippen LogP contribution in [0.15, 0.2) is 17.5 Å². The molecule has 0 bridgehead atoms. The topological polar surface area (TPSA) is 348 Å². The van der Waals surface area contributed by atoms with Gasteiger partial charge in [-0.2, -0.15) is 12.6 Å². The number of unbranched alkanes of at least 4 members (excludes halogenated alkanes) is 1. The van der Waals surface area contributed by atoms with Gasteiger partial charge in [0.1, 0.15) is 36.3 Å². The lowest BCUT2D eigenvalue weighted by Gasteiger charge is -2.31. The van der Waals surface area contributed by atoms with Crippen LogP contribution < -0.4 is 49.5 Å². The highest BCUT2D eigenvalue weighted by atomic mass is 32.1. The van der Waals surface area contributed by atoms with E-state index in [0.717, 1.165) is 0 Å². The van der Waals surface area contributed by atoms with E-state index < -0.39 is 83.7 Å². The number of carbonyl (C=O) groups excluding carboxylic acids is 6. The smallest absolute Gasteiger partial charge is 0.326 e. The van der Waals surface area contributed by atoms with E-state index in [2.05, 4.69) is 54.2 Å². The lowest BCUT2D eigenvalue weighted by molar-refractivity contribution is -0.143. The van der Waals surface area contributed by atoms with Gasteiger partial charge in [-0.25, -0.2) is 9.78 Å². The van der Waals surface area contributed by atoms with Crippen molar-refractivity contribution in [3.05, 3.63) is 18.2 Å². The van der Waals surface area contributed by atoms with Gasteiger partial charge in [-0.05, 0) is 76.2 Å². The highest BCUT2D eigenvalue weighted by Gasteiger charge is 2.40. The molecule has 1 fully saturated rings. The Bertz CT molecular complexity index is 1590. The lowest BCUT2D eigenvalue weighted by Crippen LogP contribution is -2.60. The van der Waals surface area contributed by atoms with E-state index in [-0.39, 0.29) is 68.7 Å².